The SMILES string of the molecule is CN[C@@H](C)C(=O)N[C@H](C(=O)N1CCC[C@H]1c1nc(-c2cc(C(=O)N(C)C)nc3ccccc23)cs1)C1CCCCC1. The molecule has 1 aromatic carbocycles. The molecule has 2 aliphatic rings. The first-order valence-corrected chi connectivity index (χ1v) is 15.5. The van der Waals surface area contributed by atoms with E-state index < -0.39 is 6.04 Å². The average Bonchev–Trinajstić information content (AvgIpc) is 3.68. The monoisotopic (exact) mass is 576 g/mol. The van der Waals surface area contributed by atoms with E-state index in [9.17, 15) is 14.4 Å². The third-order valence-corrected chi connectivity index (χ3v) is 9.42. The Labute approximate surface area is 245 Å². The van der Waals surface area contributed by atoms with Gasteiger partial charge in [-0.25, -0.2) is 9.97 Å². The van der Waals surface area contributed by atoms with Gasteiger partial charge in [0, 0.05) is 37.0 Å². The molecule has 0 unspecified atom stereocenters. The van der Waals surface area contributed by atoms with Gasteiger partial charge in [0.25, 0.3) is 5.91 Å². The minimum atomic E-state index is -0.526. The van der Waals surface area contributed by atoms with E-state index in [-0.39, 0.29) is 35.7 Å². The molecule has 5 rings (SSSR count). The standard InChI is InChI=1S/C31H40N6O3S/c1-19(32-2)28(38)35-27(20-11-6-5-7-12-20)31(40)37-16-10-15-26(37)29-34-25(18-41-29)22-17-24(30(39)36(3)4)33-23-14-9-8-13-21(22)23/h8-9,13-14,17-20,26-27,32H,5-7,10-12,15-16H2,1-4H3,(H,35,38)/t19-,26-,27-/m0/s1. The van der Waals surface area contributed by atoms with E-state index in [4.69, 9.17) is 4.98 Å². The number of hydrogen-bond donors (Lipinski definition) is 2. The minimum absolute atomic E-state index is 0.000954. The van der Waals surface area contributed by atoms with Crippen LogP contribution in [0.1, 0.15) is 73.4 Å². The minimum Gasteiger partial charge on any atom is -0.343 e. The molecule has 9 nitrogen and oxygen atoms in total. The van der Waals surface area contributed by atoms with Gasteiger partial charge in [-0.1, -0.05) is 37.5 Å². The van der Waals surface area contributed by atoms with E-state index >= 15 is 0 Å². The Morgan fingerprint density at radius 2 is 1.80 bits per heavy atom. The van der Waals surface area contributed by atoms with Crippen molar-refractivity contribution in [3.05, 3.63) is 46.4 Å². The van der Waals surface area contributed by atoms with Crippen molar-refractivity contribution < 1.29 is 14.4 Å². The first kappa shape index (κ1) is 29.1. The molecule has 0 radical (unpaired) electrons. The first-order chi connectivity index (χ1) is 19.8. The van der Waals surface area contributed by atoms with Crippen LogP contribution in [0.15, 0.2) is 35.7 Å². The number of nitrogens with one attached hydrogen (secondary N) is 2. The smallest absolute Gasteiger partial charge is 0.271 e. The number of thiazole rings is 1. The summed E-state index contributed by atoms with van der Waals surface area (Å²) in [6.07, 6.45) is 6.98. The lowest BCUT2D eigenvalue weighted by molar-refractivity contribution is -0.139. The number of benzene rings is 1. The molecular formula is C31H40N6O3S. The largest absolute Gasteiger partial charge is 0.343 e. The van der Waals surface area contributed by atoms with Crippen LogP contribution in [-0.2, 0) is 9.59 Å². The third-order valence-electron chi connectivity index (χ3n) is 8.47. The number of nitrogens with zero attached hydrogens (tertiary/aromatic N) is 4. The fourth-order valence-electron chi connectivity index (χ4n) is 6.01. The Morgan fingerprint density at radius 1 is 1.05 bits per heavy atom. The second kappa shape index (κ2) is 12.7. The highest BCUT2D eigenvalue weighted by atomic mass is 32.1. The molecule has 0 spiro atoms. The quantitative estimate of drug-likeness (QED) is 0.412. The summed E-state index contributed by atoms with van der Waals surface area (Å²) in [5.41, 5.74) is 2.74. The molecule has 2 N–H and O–H groups in total. The van der Waals surface area contributed by atoms with E-state index in [0.717, 1.165) is 65.7 Å². The van der Waals surface area contributed by atoms with E-state index in [1.807, 2.05) is 47.5 Å². The van der Waals surface area contributed by atoms with E-state index in [0.29, 0.717) is 12.2 Å². The van der Waals surface area contributed by atoms with Crippen molar-refractivity contribution in [2.24, 2.45) is 5.92 Å². The van der Waals surface area contributed by atoms with Crippen LogP contribution in [0.2, 0.25) is 0 Å². The van der Waals surface area contributed by atoms with Crippen LogP contribution in [0.4, 0.5) is 0 Å². The maximum absolute atomic E-state index is 14.1. The Kier molecular flexibility index (Phi) is 8.99. The second-order valence-electron chi connectivity index (χ2n) is 11.4. The van der Waals surface area contributed by atoms with Crippen molar-refractivity contribution in [3.63, 3.8) is 0 Å². The summed E-state index contributed by atoms with van der Waals surface area (Å²) in [6.45, 7) is 2.46. The van der Waals surface area contributed by atoms with Crippen LogP contribution >= 0.6 is 11.3 Å². The number of aromatic nitrogens is 2. The van der Waals surface area contributed by atoms with Crippen LogP contribution in [0.3, 0.4) is 0 Å². The van der Waals surface area contributed by atoms with Gasteiger partial charge >= 0.3 is 0 Å². The highest BCUT2D eigenvalue weighted by Crippen LogP contribution is 2.38. The molecule has 2 fully saturated rings. The molecule has 3 amide bonds. The highest BCUT2D eigenvalue weighted by molar-refractivity contribution is 7.10. The predicted octanol–water partition coefficient (Wildman–Crippen LogP) is 4.40. The maximum Gasteiger partial charge on any atom is 0.271 e. The molecule has 1 aliphatic heterocycles. The lowest BCUT2D eigenvalue weighted by Gasteiger charge is -2.35. The second-order valence-corrected chi connectivity index (χ2v) is 12.3. The fraction of sp³-hybridized carbons (Fsp3) is 0.516. The number of hydrogen-bond acceptors (Lipinski definition) is 7. The molecule has 3 heterocycles. The normalized spacial score (nSPS) is 19.2. The van der Waals surface area contributed by atoms with Crippen molar-refractivity contribution in [1.29, 1.82) is 0 Å². The maximum atomic E-state index is 14.1. The zero-order chi connectivity index (χ0) is 29.1. The fourth-order valence-corrected chi connectivity index (χ4v) is 6.98. The molecule has 218 valence electrons. The Morgan fingerprint density at radius 3 is 2.54 bits per heavy atom. The van der Waals surface area contributed by atoms with Crippen molar-refractivity contribution in [1.82, 2.24) is 30.4 Å². The zero-order valence-electron chi connectivity index (χ0n) is 24.4. The molecule has 1 aliphatic carbocycles. The average molecular weight is 577 g/mol. The number of amides is 3. The van der Waals surface area contributed by atoms with Crippen LogP contribution < -0.4 is 10.6 Å². The molecule has 1 saturated heterocycles. The topological polar surface area (TPSA) is 108 Å². The van der Waals surface area contributed by atoms with Gasteiger partial charge in [-0.2, -0.15) is 0 Å². The summed E-state index contributed by atoms with van der Waals surface area (Å²) < 4.78 is 0. The molecule has 1 saturated carbocycles. The van der Waals surface area contributed by atoms with Gasteiger partial charge in [-0.15, -0.1) is 11.3 Å². The van der Waals surface area contributed by atoms with Crippen molar-refractivity contribution in [2.75, 3.05) is 27.7 Å². The number of likely N-dealkylation sites (tertiary alicyclic amines) is 1. The summed E-state index contributed by atoms with van der Waals surface area (Å²) in [5, 5.41) is 9.92. The highest BCUT2D eigenvalue weighted by Gasteiger charge is 2.40. The number of likely N-dealkylation sites (N-methyl/N-ethyl adjacent to an activating group) is 1. The number of carbonyl (C=O) groups is 3. The molecule has 3 aromatic rings. The van der Waals surface area contributed by atoms with Crippen LogP contribution in [0.25, 0.3) is 22.2 Å². The summed E-state index contributed by atoms with van der Waals surface area (Å²) in [6, 6.07) is 8.56. The summed E-state index contributed by atoms with van der Waals surface area (Å²) in [7, 11) is 5.19. The third kappa shape index (κ3) is 6.13. The van der Waals surface area contributed by atoms with E-state index in [1.165, 1.54) is 11.3 Å². The van der Waals surface area contributed by atoms with Crippen molar-refractivity contribution >= 4 is 40.0 Å². The zero-order valence-corrected chi connectivity index (χ0v) is 25.2. The van der Waals surface area contributed by atoms with Gasteiger partial charge in [0.2, 0.25) is 11.8 Å². The number of carbonyl (C=O) groups excluding carboxylic acids is 3. The van der Waals surface area contributed by atoms with Gasteiger partial charge in [-0.05, 0) is 57.7 Å². The van der Waals surface area contributed by atoms with Crippen LogP contribution in [0.5, 0.6) is 0 Å². The van der Waals surface area contributed by atoms with Crippen LogP contribution in [0, 0.1) is 5.92 Å². The number of para-hydroxylation sites is 1. The van der Waals surface area contributed by atoms with Gasteiger partial charge < -0.3 is 20.4 Å². The number of fused-ring (bicyclic) bond motifs is 1. The van der Waals surface area contributed by atoms with Crippen molar-refractivity contribution in [2.45, 2.75) is 70.0 Å². The lowest BCUT2D eigenvalue weighted by Crippen LogP contribution is -2.55. The van der Waals surface area contributed by atoms with Crippen LogP contribution in [-0.4, -0.2) is 77.3 Å². The number of pyridine rings is 1. The lowest BCUT2D eigenvalue weighted by atomic mass is 9.83. The summed E-state index contributed by atoms with van der Waals surface area (Å²) in [5.74, 6) is -0.158. The van der Waals surface area contributed by atoms with Gasteiger partial charge in [0.1, 0.15) is 16.7 Å². The molecule has 41 heavy (non-hydrogen) atoms. The molecular weight excluding hydrogens is 536 g/mol. The number of rotatable bonds is 8. The molecule has 0 bridgehead atoms. The van der Waals surface area contributed by atoms with Gasteiger partial charge in [0.15, 0.2) is 0 Å². The first-order valence-electron chi connectivity index (χ1n) is 14.6. The summed E-state index contributed by atoms with van der Waals surface area (Å²) in [4.78, 5) is 52.9. The Balaban J connectivity index is 1.44. The Bertz CT molecular complexity index is 1420. The predicted molar refractivity (Wildman–Crippen MR) is 162 cm³/mol. The molecule has 2 aromatic heterocycles. The molecule has 3 atom stereocenters. The van der Waals surface area contributed by atoms with Gasteiger partial charge in [0.05, 0.1) is 23.3 Å². The summed E-state index contributed by atoms with van der Waals surface area (Å²) >= 11 is 1.54. The van der Waals surface area contributed by atoms with Gasteiger partial charge in [-0.3, -0.25) is 14.4 Å². The van der Waals surface area contributed by atoms with E-state index in [2.05, 4.69) is 15.6 Å². The van der Waals surface area contributed by atoms with E-state index in [1.54, 1.807) is 32.5 Å². The molecule has 10 heteroatoms. The van der Waals surface area contributed by atoms with Crippen molar-refractivity contribution in [3.8, 4) is 11.3 Å². The Hall–Kier alpha value is -3.37.